The summed E-state index contributed by atoms with van der Waals surface area (Å²) in [5.74, 6) is 1.05. The molecule has 3 nitrogen and oxygen atoms in total. The lowest BCUT2D eigenvalue weighted by Gasteiger charge is -2.54. The molecule has 3 saturated heterocycles. The van der Waals surface area contributed by atoms with Gasteiger partial charge in [-0.05, 0) is 49.0 Å². The summed E-state index contributed by atoms with van der Waals surface area (Å²) in [6.07, 6.45) is 2.33. The third-order valence-electron chi connectivity index (χ3n) is 7.25. The van der Waals surface area contributed by atoms with Crippen LogP contribution in [0.4, 0.5) is 8.78 Å². The molecule has 33 heavy (non-hydrogen) atoms. The molecule has 3 aromatic rings. The first-order valence-electron chi connectivity index (χ1n) is 11.8. The van der Waals surface area contributed by atoms with Gasteiger partial charge in [0.15, 0.2) is 0 Å². The van der Waals surface area contributed by atoms with Gasteiger partial charge < -0.3 is 10.1 Å². The van der Waals surface area contributed by atoms with Crippen molar-refractivity contribution in [3.63, 3.8) is 0 Å². The quantitative estimate of drug-likeness (QED) is 0.480. The fourth-order valence-corrected chi connectivity index (χ4v) is 5.78. The largest absolute Gasteiger partial charge is 0.434 e. The molecular formula is C28H30F2N2O. The third-order valence-corrected chi connectivity index (χ3v) is 7.25. The van der Waals surface area contributed by atoms with Crippen molar-refractivity contribution in [3.05, 3.63) is 102 Å². The molecule has 3 heterocycles. The zero-order chi connectivity index (χ0) is 22.6. The van der Waals surface area contributed by atoms with Crippen molar-refractivity contribution in [2.24, 2.45) is 5.92 Å². The molecule has 172 valence electrons. The molecule has 3 aromatic carbocycles. The first kappa shape index (κ1) is 22.1. The molecule has 0 saturated carbocycles. The number of piperidine rings is 3. The van der Waals surface area contributed by atoms with Gasteiger partial charge in [0, 0.05) is 30.1 Å². The number of alkyl halides is 2. The van der Waals surface area contributed by atoms with Crippen LogP contribution in [0, 0.1) is 5.92 Å². The van der Waals surface area contributed by atoms with E-state index in [-0.39, 0.29) is 17.7 Å². The molecule has 3 aliphatic heterocycles. The minimum atomic E-state index is -2.82. The predicted molar refractivity (Wildman–Crippen MR) is 127 cm³/mol. The summed E-state index contributed by atoms with van der Waals surface area (Å²) in [4.78, 5) is 2.63. The summed E-state index contributed by atoms with van der Waals surface area (Å²) in [5, 5.41) is 3.79. The van der Waals surface area contributed by atoms with Gasteiger partial charge in [0.2, 0.25) is 0 Å². The van der Waals surface area contributed by atoms with E-state index in [1.54, 1.807) is 12.1 Å². The van der Waals surface area contributed by atoms with E-state index in [0.717, 1.165) is 18.7 Å². The van der Waals surface area contributed by atoms with Crippen LogP contribution in [-0.4, -0.2) is 36.7 Å². The van der Waals surface area contributed by atoms with Crippen LogP contribution >= 0.6 is 0 Å². The van der Waals surface area contributed by atoms with Gasteiger partial charge in [-0.1, -0.05) is 78.9 Å². The summed E-state index contributed by atoms with van der Waals surface area (Å²) in [5.41, 5.74) is 3.40. The minimum Gasteiger partial charge on any atom is -0.434 e. The van der Waals surface area contributed by atoms with Gasteiger partial charge in [0.1, 0.15) is 5.75 Å². The first-order chi connectivity index (χ1) is 16.2. The van der Waals surface area contributed by atoms with E-state index in [4.69, 9.17) is 4.74 Å². The van der Waals surface area contributed by atoms with Gasteiger partial charge in [0.05, 0.1) is 0 Å². The van der Waals surface area contributed by atoms with Crippen LogP contribution in [0.2, 0.25) is 0 Å². The Morgan fingerprint density at radius 3 is 2.00 bits per heavy atom. The van der Waals surface area contributed by atoms with Gasteiger partial charge in [-0.3, -0.25) is 4.90 Å². The van der Waals surface area contributed by atoms with Gasteiger partial charge in [-0.25, -0.2) is 0 Å². The number of para-hydroxylation sites is 1. The van der Waals surface area contributed by atoms with Crippen LogP contribution in [-0.2, 0) is 6.54 Å². The lowest BCUT2D eigenvalue weighted by atomic mass is 9.70. The second-order valence-corrected chi connectivity index (χ2v) is 9.06. The smallest absolute Gasteiger partial charge is 0.387 e. The van der Waals surface area contributed by atoms with Crippen LogP contribution < -0.4 is 10.1 Å². The van der Waals surface area contributed by atoms with E-state index in [2.05, 4.69) is 70.9 Å². The van der Waals surface area contributed by atoms with Crippen molar-refractivity contribution in [1.82, 2.24) is 10.2 Å². The fraction of sp³-hybridized carbons (Fsp3) is 0.357. The van der Waals surface area contributed by atoms with Crippen LogP contribution in [0.15, 0.2) is 84.9 Å². The number of nitrogens with one attached hydrogen (secondary N) is 1. The Hall–Kier alpha value is -2.76. The van der Waals surface area contributed by atoms with Crippen molar-refractivity contribution < 1.29 is 13.5 Å². The highest BCUT2D eigenvalue weighted by atomic mass is 19.3. The number of rotatable bonds is 8. The molecule has 3 fully saturated rings. The standard InChI is InChI=1S/C28H30F2N2O/c29-28(30)33-24-14-8-7-13-23(24)19-31-26-22-15-17-32(18-16-22)27(26)25(20-9-3-1-4-10-20)21-11-5-2-6-12-21/h1-14,22,25-28,31H,15-19H2. The van der Waals surface area contributed by atoms with Gasteiger partial charge >= 0.3 is 6.61 Å². The maximum Gasteiger partial charge on any atom is 0.387 e. The van der Waals surface area contributed by atoms with Gasteiger partial charge in [-0.15, -0.1) is 0 Å². The van der Waals surface area contributed by atoms with Gasteiger partial charge in [-0.2, -0.15) is 8.78 Å². The van der Waals surface area contributed by atoms with Crippen molar-refractivity contribution in [2.75, 3.05) is 13.1 Å². The first-order valence-corrected chi connectivity index (χ1v) is 11.8. The molecule has 2 bridgehead atoms. The Balaban J connectivity index is 1.46. The number of ether oxygens (including phenoxy) is 1. The Kier molecular flexibility index (Phi) is 6.70. The SMILES string of the molecule is FC(F)Oc1ccccc1CNC1C2CCN(CC2)C1C(c1ccccc1)c1ccccc1. The van der Waals surface area contributed by atoms with Crippen LogP contribution in [0.25, 0.3) is 0 Å². The maximum absolute atomic E-state index is 12.9. The highest BCUT2D eigenvalue weighted by Gasteiger charge is 2.46. The predicted octanol–water partition coefficient (Wildman–Crippen LogP) is 5.67. The minimum absolute atomic E-state index is 0.237. The highest BCUT2D eigenvalue weighted by molar-refractivity contribution is 5.37. The molecule has 0 amide bonds. The van der Waals surface area contributed by atoms with Gasteiger partial charge in [0.25, 0.3) is 0 Å². The lowest BCUT2D eigenvalue weighted by molar-refractivity contribution is -0.0506. The number of hydrogen-bond acceptors (Lipinski definition) is 3. The molecule has 2 atom stereocenters. The van der Waals surface area contributed by atoms with E-state index < -0.39 is 6.61 Å². The van der Waals surface area contributed by atoms with Crippen LogP contribution in [0.1, 0.15) is 35.4 Å². The van der Waals surface area contributed by atoms with E-state index in [1.807, 2.05) is 12.1 Å². The van der Waals surface area contributed by atoms with E-state index in [0.29, 0.717) is 18.5 Å². The summed E-state index contributed by atoms with van der Waals surface area (Å²) in [7, 11) is 0. The number of fused-ring (bicyclic) bond motifs is 3. The summed E-state index contributed by atoms with van der Waals surface area (Å²) >= 11 is 0. The average molecular weight is 449 g/mol. The second-order valence-electron chi connectivity index (χ2n) is 9.06. The number of benzene rings is 3. The fourth-order valence-electron chi connectivity index (χ4n) is 5.78. The molecule has 1 N–H and O–H groups in total. The van der Waals surface area contributed by atoms with Crippen LogP contribution in [0.5, 0.6) is 5.75 Å². The molecule has 6 rings (SSSR count). The normalized spacial score (nSPS) is 24.4. The molecule has 5 heteroatoms. The molecule has 0 aliphatic carbocycles. The number of nitrogens with zero attached hydrogens (tertiary/aromatic N) is 1. The van der Waals surface area contributed by atoms with Crippen molar-refractivity contribution in [1.29, 1.82) is 0 Å². The molecule has 3 aliphatic rings. The zero-order valence-corrected chi connectivity index (χ0v) is 18.6. The maximum atomic E-state index is 12.9. The highest BCUT2D eigenvalue weighted by Crippen LogP contribution is 2.42. The van der Waals surface area contributed by atoms with E-state index >= 15 is 0 Å². The summed E-state index contributed by atoms with van der Waals surface area (Å²) < 4.78 is 30.6. The summed E-state index contributed by atoms with van der Waals surface area (Å²) in [6.45, 7) is -0.106. The molecule has 0 spiro atoms. The lowest BCUT2D eigenvalue weighted by Crippen LogP contribution is -2.64. The van der Waals surface area contributed by atoms with Crippen LogP contribution in [0.3, 0.4) is 0 Å². The molecular weight excluding hydrogens is 418 g/mol. The molecule has 0 aromatic heterocycles. The van der Waals surface area contributed by atoms with Crippen molar-refractivity contribution >= 4 is 0 Å². The average Bonchev–Trinajstić information content (AvgIpc) is 2.86. The monoisotopic (exact) mass is 448 g/mol. The number of hydrogen-bond donors (Lipinski definition) is 1. The summed E-state index contributed by atoms with van der Waals surface area (Å²) in [6, 6.07) is 29.1. The second kappa shape index (κ2) is 10.0. The van der Waals surface area contributed by atoms with E-state index in [1.165, 1.54) is 24.0 Å². The van der Waals surface area contributed by atoms with E-state index in [9.17, 15) is 8.78 Å². The topological polar surface area (TPSA) is 24.5 Å². The van der Waals surface area contributed by atoms with Crippen molar-refractivity contribution in [2.45, 2.75) is 44.0 Å². The Bertz CT molecular complexity index is 983. The Labute approximate surface area is 194 Å². The number of halogens is 2. The zero-order valence-electron chi connectivity index (χ0n) is 18.6. The third kappa shape index (κ3) is 4.80. The Morgan fingerprint density at radius 2 is 1.39 bits per heavy atom. The molecule has 2 unspecified atom stereocenters. The molecule has 0 radical (unpaired) electrons. The van der Waals surface area contributed by atoms with Crippen molar-refractivity contribution in [3.8, 4) is 5.75 Å². The Morgan fingerprint density at radius 1 is 0.818 bits per heavy atom.